The van der Waals surface area contributed by atoms with Crippen LogP contribution in [-0.2, 0) is 0 Å². The number of fused-ring (bicyclic) bond motifs is 1. The summed E-state index contributed by atoms with van der Waals surface area (Å²) in [6.07, 6.45) is 8.11. The van der Waals surface area contributed by atoms with Crippen LogP contribution in [0.3, 0.4) is 0 Å². The third-order valence-electron chi connectivity index (χ3n) is 5.07. The number of primary amides is 1. The van der Waals surface area contributed by atoms with Crippen LogP contribution in [0.1, 0.15) is 32.0 Å². The predicted octanol–water partition coefficient (Wildman–Crippen LogP) is 3.79. The number of carbonyl (C=O) groups excluding carboxylic acids is 2. The molecular formula is C22H14F2N6O2S. The van der Waals surface area contributed by atoms with Crippen molar-refractivity contribution in [3.8, 4) is 15.6 Å². The number of imidazole rings is 1. The Hall–Kier alpha value is -4.25. The number of aryl methyl sites for hydroxylation is 1. The van der Waals surface area contributed by atoms with Crippen LogP contribution in [0.15, 0.2) is 49.3 Å². The fraction of sp³-hybridized carbons (Fsp3) is 0.0455. The van der Waals surface area contributed by atoms with E-state index in [4.69, 9.17) is 5.73 Å². The van der Waals surface area contributed by atoms with Crippen molar-refractivity contribution in [1.29, 1.82) is 0 Å². The van der Waals surface area contributed by atoms with Crippen molar-refractivity contribution in [1.82, 2.24) is 24.5 Å². The standard InChI is InChI=1S/C22H14F2N6O2S/c1-10-8-30(9-29-10)22-28-7-16(33-22)11-4-13-14(6-27-21(13)26-5-11)19(31)17-15(23)3-2-12(18(17)24)20(25)32/h2-9H,1H3,(H2,25,32)(H,26,27). The molecule has 0 unspecified atom stereocenters. The maximum atomic E-state index is 14.7. The van der Waals surface area contributed by atoms with E-state index in [2.05, 4.69) is 19.9 Å². The topological polar surface area (TPSA) is 120 Å². The molecular weight excluding hydrogens is 450 g/mol. The molecule has 3 N–H and O–H groups in total. The lowest BCUT2D eigenvalue weighted by Gasteiger charge is -2.07. The number of thiazole rings is 1. The summed E-state index contributed by atoms with van der Waals surface area (Å²) in [6, 6.07) is 3.43. The van der Waals surface area contributed by atoms with Gasteiger partial charge in [0.25, 0.3) is 5.91 Å². The lowest BCUT2D eigenvalue weighted by molar-refractivity contribution is 0.0996. The van der Waals surface area contributed by atoms with Gasteiger partial charge in [0.05, 0.1) is 21.7 Å². The molecule has 1 amide bonds. The van der Waals surface area contributed by atoms with E-state index < -0.39 is 34.5 Å². The molecule has 33 heavy (non-hydrogen) atoms. The van der Waals surface area contributed by atoms with Gasteiger partial charge in [0.1, 0.15) is 23.6 Å². The molecule has 4 aromatic heterocycles. The number of nitrogens with two attached hydrogens (primary N) is 1. The van der Waals surface area contributed by atoms with E-state index >= 15 is 0 Å². The molecule has 0 spiro atoms. The van der Waals surface area contributed by atoms with Crippen LogP contribution in [0.4, 0.5) is 8.78 Å². The van der Waals surface area contributed by atoms with Gasteiger partial charge in [-0.05, 0) is 25.1 Å². The summed E-state index contributed by atoms with van der Waals surface area (Å²) in [4.78, 5) is 41.0. The first kappa shape index (κ1) is 20.6. The van der Waals surface area contributed by atoms with Gasteiger partial charge in [0.2, 0.25) is 5.78 Å². The summed E-state index contributed by atoms with van der Waals surface area (Å²) < 4.78 is 30.9. The number of benzene rings is 1. The Morgan fingerprint density at radius 2 is 1.94 bits per heavy atom. The summed E-state index contributed by atoms with van der Waals surface area (Å²) >= 11 is 1.39. The molecule has 4 heterocycles. The molecule has 5 aromatic rings. The zero-order valence-electron chi connectivity index (χ0n) is 17.0. The second-order valence-corrected chi connectivity index (χ2v) is 8.24. The fourth-order valence-electron chi connectivity index (χ4n) is 3.46. The first-order valence-electron chi connectivity index (χ1n) is 9.60. The number of halogens is 2. The van der Waals surface area contributed by atoms with E-state index in [-0.39, 0.29) is 5.56 Å². The summed E-state index contributed by atoms with van der Waals surface area (Å²) in [5.41, 5.74) is 5.61. The van der Waals surface area contributed by atoms with Crippen molar-refractivity contribution in [2.45, 2.75) is 6.92 Å². The molecule has 0 saturated heterocycles. The second-order valence-electron chi connectivity index (χ2n) is 7.23. The fourth-order valence-corrected chi connectivity index (χ4v) is 4.30. The van der Waals surface area contributed by atoms with E-state index in [1.54, 1.807) is 29.4 Å². The average molecular weight is 464 g/mol. The maximum absolute atomic E-state index is 14.7. The molecule has 5 rings (SSSR count). The van der Waals surface area contributed by atoms with E-state index in [0.717, 1.165) is 22.7 Å². The molecule has 11 heteroatoms. The minimum atomic E-state index is -1.30. The van der Waals surface area contributed by atoms with Crippen LogP contribution in [-0.4, -0.2) is 36.2 Å². The Kier molecular flexibility index (Phi) is 4.82. The van der Waals surface area contributed by atoms with Crippen molar-refractivity contribution >= 4 is 34.1 Å². The number of H-pyrrole nitrogens is 1. The van der Waals surface area contributed by atoms with Gasteiger partial charge in [-0.15, -0.1) is 0 Å². The number of rotatable bonds is 5. The van der Waals surface area contributed by atoms with Crippen LogP contribution < -0.4 is 5.73 Å². The number of carbonyl (C=O) groups is 2. The van der Waals surface area contributed by atoms with E-state index in [9.17, 15) is 18.4 Å². The van der Waals surface area contributed by atoms with E-state index in [1.165, 1.54) is 17.5 Å². The first-order chi connectivity index (χ1) is 15.8. The summed E-state index contributed by atoms with van der Waals surface area (Å²) in [6.45, 7) is 1.87. The van der Waals surface area contributed by atoms with Crippen molar-refractivity contribution in [3.05, 3.63) is 83.3 Å². The van der Waals surface area contributed by atoms with Crippen LogP contribution in [0.2, 0.25) is 0 Å². The number of aromatic nitrogens is 5. The van der Waals surface area contributed by atoms with E-state index in [1.807, 2.05) is 13.1 Å². The highest BCUT2D eigenvalue weighted by molar-refractivity contribution is 7.17. The van der Waals surface area contributed by atoms with Crippen molar-refractivity contribution in [3.63, 3.8) is 0 Å². The SMILES string of the molecule is Cc1cn(-c2ncc(-c3cnc4[nH]cc(C(=O)c5c(F)ccc(C(N)=O)c5F)c4c3)s2)cn1. The molecule has 8 nitrogen and oxygen atoms in total. The minimum absolute atomic E-state index is 0.00810. The molecule has 0 aliphatic carbocycles. The van der Waals surface area contributed by atoms with Gasteiger partial charge in [-0.3, -0.25) is 14.2 Å². The predicted molar refractivity (Wildman–Crippen MR) is 117 cm³/mol. The number of hydrogen-bond acceptors (Lipinski definition) is 6. The van der Waals surface area contributed by atoms with Gasteiger partial charge in [-0.2, -0.15) is 0 Å². The highest BCUT2D eigenvalue weighted by Crippen LogP contribution is 2.31. The number of hydrogen-bond donors (Lipinski definition) is 2. The summed E-state index contributed by atoms with van der Waals surface area (Å²) in [5, 5.41) is 1.07. The third kappa shape index (κ3) is 3.48. The number of pyridine rings is 1. The van der Waals surface area contributed by atoms with Gasteiger partial charge < -0.3 is 10.7 Å². The molecule has 0 fully saturated rings. The van der Waals surface area contributed by atoms with Crippen molar-refractivity contribution in [2.24, 2.45) is 5.73 Å². The second kappa shape index (κ2) is 7.71. The number of nitrogens with one attached hydrogen (secondary N) is 1. The van der Waals surface area contributed by atoms with Gasteiger partial charge in [0, 0.05) is 41.3 Å². The Labute approximate surface area is 188 Å². The van der Waals surface area contributed by atoms with Crippen LogP contribution in [0, 0.1) is 18.6 Å². The smallest absolute Gasteiger partial charge is 0.251 e. The minimum Gasteiger partial charge on any atom is -0.366 e. The zero-order valence-corrected chi connectivity index (χ0v) is 17.8. The van der Waals surface area contributed by atoms with Crippen LogP contribution in [0.25, 0.3) is 26.6 Å². The molecule has 164 valence electrons. The summed E-state index contributed by atoms with van der Waals surface area (Å²) in [7, 11) is 0. The van der Waals surface area contributed by atoms with E-state index in [0.29, 0.717) is 21.7 Å². The lowest BCUT2D eigenvalue weighted by atomic mass is 9.99. The number of amides is 1. The van der Waals surface area contributed by atoms with Crippen molar-refractivity contribution < 1.29 is 18.4 Å². The van der Waals surface area contributed by atoms with Gasteiger partial charge in [0.15, 0.2) is 5.13 Å². The normalized spacial score (nSPS) is 11.2. The molecule has 0 aliphatic rings. The first-order valence-corrected chi connectivity index (χ1v) is 10.4. The summed E-state index contributed by atoms with van der Waals surface area (Å²) in [5.74, 6) is -4.42. The molecule has 0 atom stereocenters. The highest BCUT2D eigenvalue weighted by Gasteiger charge is 2.26. The maximum Gasteiger partial charge on any atom is 0.251 e. The molecule has 0 bridgehead atoms. The Bertz CT molecular complexity index is 1570. The monoisotopic (exact) mass is 464 g/mol. The Balaban J connectivity index is 1.58. The van der Waals surface area contributed by atoms with Crippen molar-refractivity contribution in [2.75, 3.05) is 0 Å². The number of nitrogens with zero attached hydrogens (tertiary/aromatic N) is 4. The van der Waals surface area contributed by atoms with Crippen LogP contribution in [0.5, 0.6) is 0 Å². The molecule has 0 saturated carbocycles. The van der Waals surface area contributed by atoms with Gasteiger partial charge >= 0.3 is 0 Å². The van der Waals surface area contributed by atoms with Crippen LogP contribution >= 0.6 is 11.3 Å². The van der Waals surface area contributed by atoms with Gasteiger partial charge in [-0.25, -0.2) is 23.7 Å². The largest absolute Gasteiger partial charge is 0.366 e. The van der Waals surface area contributed by atoms with Gasteiger partial charge in [-0.1, -0.05) is 11.3 Å². The zero-order chi connectivity index (χ0) is 23.3. The number of aromatic amines is 1. The quantitative estimate of drug-likeness (QED) is 0.384. The average Bonchev–Trinajstić information content (AvgIpc) is 3.52. The Morgan fingerprint density at radius 3 is 2.67 bits per heavy atom. The Morgan fingerprint density at radius 1 is 1.12 bits per heavy atom. The lowest BCUT2D eigenvalue weighted by Crippen LogP contribution is -2.17. The molecule has 0 aliphatic heterocycles. The highest BCUT2D eigenvalue weighted by atomic mass is 32.1. The third-order valence-corrected chi connectivity index (χ3v) is 6.13. The molecule has 0 radical (unpaired) electrons. The molecule has 1 aromatic carbocycles. The number of ketones is 1.